The van der Waals surface area contributed by atoms with Crippen molar-refractivity contribution in [3.63, 3.8) is 0 Å². The van der Waals surface area contributed by atoms with Crippen LogP contribution in [0.3, 0.4) is 0 Å². The molecule has 1 N–H and O–H groups in total. The summed E-state index contributed by atoms with van der Waals surface area (Å²) in [5, 5.41) is 15.1. The highest BCUT2D eigenvalue weighted by Crippen LogP contribution is 2.27. The number of hydrogen-bond donors (Lipinski definition) is 1. The van der Waals surface area contributed by atoms with E-state index in [1.165, 1.54) is 0 Å². The molecule has 1 aliphatic rings. The summed E-state index contributed by atoms with van der Waals surface area (Å²) >= 11 is 1.56. The fourth-order valence-corrected chi connectivity index (χ4v) is 4.00. The van der Waals surface area contributed by atoms with E-state index in [1.807, 2.05) is 32.0 Å². The molecule has 1 amide bonds. The fraction of sp³-hybridized carbons (Fsp3) is 0.400. The van der Waals surface area contributed by atoms with Gasteiger partial charge in [-0.1, -0.05) is 23.5 Å². The van der Waals surface area contributed by atoms with Crippen molar-refractivity contribution in [3.8, 4) is 10.6 Å². The smallest absolute Gasteiger partial charge is 0.239 e. The van der Waals surface area contributed by atoms with Gasteiger partial charge in [-0.15, -0.1) is 10.2 Å². The van der Waals surface area contributed by atoms with Crippen molar-refractivity contribution < 1.29 is 9.53 Å². The SMILES string of the molecule is Cc1nnc(-c2ccc3cnc(NC(=O)CN4C[C@@H](C)OC[C@H]4C)cc3c2)s1. The number of morpholine rings is 1. The molecule has 0 spiro atoms. The number of aryl methyl sites for hydroxylation is 1. The number of hydrogen-bond acceptors (Lipinski definition) is 7. The number of fused-ring (bicyclic) bond motifs is 1. The zero-order valence-corrected chi connectivity index (χ0v) is 17.0. The van der Waals surface area contributed by atoms with Gasteiger partial charge in [0.05, 0.1) is 19.3 Å². The van der Waals surface area contributed by atoms with Gasteiger partial charge in [0, 0.05) is 29.7 Å². The first-order chi connectivity index (χ1) is 13.5. The maximum atomic E-state index is 12.5. The second kappa shape index (κ2) is 7.90. The van der Waals surface area contributed by atoms with E-state index in [2.05, 4.69) is 38.4 Å². The molecule has 3 heterocycles. The Morgan fingerprint density at radius 1 is 1.29 bits per heavy atom. The van der Waals surface area contributed by atoms with Gasteiger partial charge in [0.15, 0.2) is 0 Å². The number of carbonyl (C=O) groups is 1. The largest absolute Gasteiger partial charge is 0.376 e. The standard InChI is InChI=1S/C20H23N5O2S/c1-12-11-27-13(2)9-25(12)10-19(26)22-18-7-17-6-15(4-5-16(17)8-21-18)20-24-23-14(3)28-20/h4-8,12-13H,9-11H2,1-3H3,(H,21,22,26)/t12-,13-/m1/s1. The molecule has 8 heteroatoms. The van der Waals surface area contributed by atoms with Crippen molar-refractivity contribution in [3.05, 3.63) is 35.5 Å². The third-order valence-corrected chi connectivity index (χ3v) is 5.73. The number of amides is 1. The lowest BCUT2D eigenvalue weighted by atomic mass is 10.1. The molecule has 146 valence electrons. The minimum absolute atomic E-state index is 0.0660. The number of nitrogens with zero attached hydrogens (tertiary/aromatic N) is 4. The molecular formula is C20H23N5O2S. The van der Waals surface area contributed by atoms with Crippen LogP contribution in [0.25, 0.3) is 21.3 Å². The van der Waals surface area contributed by atoms with Crippen LogP contribution in [0.2, 0.25) is 0 Å². The van der Waals surface area contributed by atoms with Crippen molar-refractivity contribution in [1.29, 1.82) is 0 Å². The summed E-state index contributed by atoms with van der Waals surface area (Å²) < 4.78 is 5.62. The Morgan fingerprint density at radius 3 is 2.93 bits per heavy atom. The average Bonchev–Trinajstić information content (AvgIpc) is 3.10. The molecule has 3 aromatic rings. The number of benzene rings is 1. The predicted molar refractivity (Wildman–Crippen MR) is 110 cm³/mol. The molecule has 1 saturated heterocycles. The Labute approximate surface area is 167 Å². The first-order valence-corrected chi connectivity index (χ1v) is 10.2. The first kappa shape index (κ1) is 18.9. The van der Waals surface area contributed by atoms with Gasteiger partial charge in [0.1, 0.15) is 15.8 Å². The molecule has 1 aromatic carbocycles. The van der Waals surface area contributed by atoms with Gasteiger partial charge in [-0.3, -0.25) is 9.69 Å². The van der Waals surface area contributed by atoms with Crippen LogP contribution in [0.15, 0.2) is 30.5 Å². The molecular weight excluding hydrogens is 374 g/mol. The lowest BCUT2D eigenvalue weighted by Gasteiger charge is -2.36. The average molecular weight is 398 g/mol. The third-order valence-electron chi connectivity index (χ3n) is 4.85. The number of aromatic nitrogens is 3. The molecule has 0 radical (unpaired) electrons. The minimum Gasteiger partial charge on any atom is -0.376 e. The van der Waals surface area contributed by atoms with Crippen LogP contribution in [0.5, 0.6) is 0 Å². The van der Waals surface area contributed by atoms with Gasteiger partial charge in [0.25, 0.3) is 0 Å². The van der Waals surface area contributed by atoms with Crippen LogP contribution < -0.4 is 5.32 Å². The summed E-state index contributed by atoms with van der Waals surface area (Å²) in [6.07, 6.45) is 1.92. The van der Waals surface area contributed by atoms with Crippen LogP contribution >= 0.6 is 11.3 Å². The molecule has 4 rings (SSSR count). The molecule has 0 unspecified atom stereocenters. The van der Waals surface area contributed by atoms with Crippen LogP contribution in [-0.2, 0) is 9.53 Å². The Kier molecular flexibility index (Phi) is 5.34. The lowest BCUT2D eigenvalue weighted by molar-refractivity contribution is -0.121. The molecule has 7 nitrogen and oxygen atoms in total. The number of nitrogens with one attached hydrogen (secondary N) is 1. The molecule has 0 aliphatic carbocycles. The van der Waals surface area contributed by atoms with Crippen molar-refractivity contribution >= 4 is 33.8 Å². The van der Waals surface area contributed by atoms with Crippen LogP contribution in [0.1, 0.15) is 18.9 Å². The minimum atomic E-state index is -0.0660. The van der Waals surface area contributed by atoms with E-state index in [0.29, 0.717) is 19.0 Å². The topological polar surface area (TPSA) is 80.2 Å². The summed E-state index contributed by atoms with van der Waals surface area (Å²) in [6.45, 7) is 7.78. The van der Waals surface area contributed by atoms with Crippen LogP contribution in [0.4, 0.5) is 5.82 Å². The highest BCUT2D eigenvalue weighted by atomic mass is 32.1. The number of pyridine rings is 1. The normalized spacial score (nSPS) is 20.4. The van der Waals surface area contributed by atoms with E-state index in [1.54, 1.807) is 17.5 Å². The van der Waals surface area contributed by atoms with E-state index in [0.717, 1.165) is 32.9 Å². The molecule has 1 aliphatic heterocycles. The van der Waals surface area contributed by atoms with E-state index < -0.39 is 0 Å². The first-order valence-electron chi connectivity index (χ1n) is 9.34. The second-order valence-corrected chi connectivity index (χ2v) is 8.41. The van der Waals surface area contributed by atoms with Crippen molar-refractivity contribution in [1.82, 2.24) is 20.1 Å². The Balaban J connectivity index is 1.49. The summed E-state index contributed by atoms with van der Waals surface area (Å²) in [5.41, 5.74) is 1.01. The van der Waals surface area contributed by atoms with Crippen molar-refractivity contribution in [2.45, 2.75) is 32.9 Å². The van der Waals surface area contributed by atoms with Gasteiger partial charge in [-0.25, -0.2) is 4.98 Å². The Hall–Kier alpha value is -2.42. The summed E-state index contributed by atoms with van der Waals surface area (Å²) in [7, 11) is 0. The number of anilines is 1. The second-order valence-electron chi connectivity index (χ2n) is 7.23. The van der Waals surface area contributed by atoms with Gasteiger partial charge in [-0.05, 0) is 38.3 Å². The van der Waals surface area contributed by atoms with E-state index in [-0.39, 0.29) is 18.1 Å². The molecule has 0 bridgehead atoms. The van der Waals surface area contributed by atoms with E-state index in [9.17, 15) is 4.79 Å². The van der Waals surface area contributed by atoms with Crippen molar-refractivity contribution in [2.75, 3.05) is 25.0 Å². The number of carbonyl (C=O) groups excluding carboxylic acids is 1. The fourth-order valence-electron chi connectivity index (χ4n) is 3.31. The van der Waals surface area contributed by atoms with E-state index in [4.69, 9.17) is 4.74 Å². The van der Waals surface area contributed by atoms with Crippen LogP contribution in [0, 0.1) is 6.92 Å². The zero-order valence-electron chi connectivity index (χ0n) is 16.2. The van der Waals surface area contributed by atoms with E-state index >= 15 is 0 Å². The van der Waals surface area contributed by atoms with Crippen LogP contribution in [-0.4, -0.2) is 57.8 Å². The Morgan fingerprint density at radius 2 is 2.14 bits per heavy atom. The zero-order chi connectivity index (χ0) is 19.7. The van der Waals surface area contributed by atoms with Crippen molar-refractivity contribution in [2.24, 2.45) is 0 Å². The molecule has 28 heavy (non-hydrogen) atoms. The van der Waals surface area contributed by atoms with Gasteiger partial charge >= 0.3 is 0 Å². The summed E-state index contributed by atoms with van der Waals surface area (Å²) in [5.74, 6) is 0.487. The number of rotatable bonds is 4. The third kappa shape index (κ3) is 4.19. The summed E-state index contributed by atoms with van der Waals surface area (Å²) in [4.78, 5) is 19.0. The maximum Gasteiger partial charge on any atom is 0.239 e. The van der Waals surface area contributed by atoms with Gasteiger partial charge in [0.2, 0.25) is 5.91 Å². The molecule has 2 aromatic heterocycles. The predicted octanol–water partition coefficient (Wildman–Crippen LogP) is 3.11. The monoisotopic (exact) mass is 397 g/mol. The highest BCUT2D eigenvalue weighted by molar-refractivity contribution is 7.14. The quantitative estimate of drug-likeness (QED) is 0.729. The number of ether oxygens (including phenoxy) is 1. The summed E-state index contributed by atoms with van der Waals surface area (Å²) in [6, 6.07) is 8.21. The Bertz CT molecular complexity index is 1010. The molecule has 0 saturated carbocycles. The highest BCUT2D eigenvalue weighted by Gasteiger charge is 2.25. The van der Waals surface area contributed by atoms with Gasteiger partial charge in [-0.2, -0.15) is 0 Å². The lowest BCUT2D eigenvalue weighted by Crippen LogP contribution is -2.50. The molecule has 1 fully saturated rings. The maximum absolute atomic E-state index is 12.5. The molecule has 2 atom stereocenters. The van der Waals surface area contributed by atoms with Gasteiger partial charge < -0.3 is 10.1 Å².